The second-order valence-corrected chi connectivity index (χ2v) is 6.80. The minimum Gasteiger partial charge on any atom is -0.458 e. The van der Waals surface area contributed by atoms with Gasteiger partial charge in [0.2, 0.25) is 0 Å². The Hall–Kier alpha value is -1.80. The highest BCUT2D eigenvalue weighted by molar-refractivity contribution is 6.23. The van der Waals surface area contributed by atoms with Crippen LogP contribution in [0.2, 0.25) is 0 Å². The monoisotopic (exact) mass is 330 g/mol. The molecule has 0 heterocycles. The molecule has 2 aromatic carbocycles. The Morgan fingerprint density at radius 2 is 1.74 bits per heavy atom. The lowest BCUT2D eigenvalue weighted by atomic mass is 9.96. The molecule has 0 fully saturated rings. The van der Waals surface area contributed by atoms with Crippen LogP contribution in [0.1, 0.15) is 50.0 Å². The Bertz CT molecular complexity index is 632. The summed E-state index contributed by atoms with van der Waals surface area (Å²) in [6.45, 7) is 5.94. The fraction of sp³-hybridized carbons (Fsp3) is 0.350. The predicted octanol–water partition coefficient (Wildman–Crippen LogP) is 5.40. The molecule has 0 saturated heterocycles. The van der Waals surface area contributed by atoms with Crippen molar-refractivity contribution in [1.29, 1.82) is 0 Å². The van der Waals surface area contributed by atoms with E-state index >= 15 is 0 Å². The molecule has 23 heavy (non-hydrogen) atoms. The Labute approximate surface area is 143 Å². The number of carbonyl (C=O) groups is 1. The van der Waals surface area contributed by atoms with Gasteiger partial charge in [0, 0.05) is 0 Å². The van der Waals surface area contributed by atoms with Crippen molar-refractivity contribution >= 4 is 17.6 Å². The summed E-state index contributed by atoms with van der Waals surface area (Å²) in [4.78, 5) is 11.7. The van der Waals surface area contributed by atoms with Crippen molar-refractivity contribution < 1.29 is 9.53 Å². The minimum absolute atomic E-state index is 0.224. The van der Waals surface area contributed by atoms with Gasteiger partial charge in [0.25, 0.3) is 0 Å². The van der Waals surface area contributed by atoms with Crippen LogP contribution < -0.4 is 0 Å². The van der Waals surface area contributed by atoms with Crippen LogP contribution in [-0.2, 0) is 20.8 Å². The molecule has 0 N–H and O–H groups in total. The Balaban J connectivity index is 1.95. The van der Waals surface area contributed by atoms with Crippen LogP contribution in [0.3, 0.4) is 0 Å². The van der Waals surface area contributed by atoms with Gasteiger partial charge in [0.1, 0.15) is 6.10 Å². The second kappa shape index (κ2) is 7.65. The zero-order valence-electron chi connectivity index (χ0n) is 13.9. The topological polar surface area (TPSA) is 26.3 Å². The average Bonchev–Trinajstić information content (AvgIpc) is 2.56. The molecule has 2 unspecified atom stereocenters. The number of carbonyl (C=O) groups excluding carboxylic acids is 1. The predicted molar refractivity (Wildman–Crippen MR) is 94.6 cm³/mol. The first-order valence-corrected chi connectivity index (χ1v) is 8.33. The number of ether oxygens (including phenoxy) is 1. The molecule has 122 valence electrons. The molecule has 2 nitrogen and oxygen atoms in total. The first kappa shape index (κ1) is 17.6. The summed E-state index contributed by atoms with van der Waals surface area (Å²) in [6.07, 6.45) is 0.877. The number of alkyl halides is 1. The van der Waals surface area contributed by atoms with E-state index in [4.69, 9.17) is 16.3 Å². The molecule has 2 aromatic rings. The zero-order valence-corrected chi connectivity index (χ0v) is 14.6. The fourth-order valence-corrected chi connectivity index (χ4v) is 2.50. The third-order valence-electron chi connectivity index (χ3n) is 4.15. The van der Waals surface area contributed by atoms with Crippen LogP contribution in [0.25, 0.3) is 0 Å². The number of halogens is 1. The standard InChI is InChI=1S/C20H23ClO2/c1-4-20(3,21)18-12-10-16(11-13-18)14-19(22)23-15(2)17-8-6-5-7-9-17/h5-13,15H,4,14H2,1-3H3. The first-order chi connectivity index (χ1) is 10.9. The van der Waals surface area contributed by atoms with Gasteiger partial charge in [0.15, 0.2) is 0 Å². The largest absolute Gasteiger partial charge is 0.458 e. The van der Waals surface area contributed by atoms with Crippen LogP contribution in [-0.4, -0.2) is 5.97 Å². The summed E-state index contributed by atoms with van der Waals surface area (Å²) >= 11 is 6.45. The second-order valence-electron chi connectivity index (χ2n) is 5.97. The molecule has 0 aromatic heterocycles. The molecule has 3 heteroatoms. The highest BCUT2D eigenvalue weighted by Crippen LogP contribution is 2.31. The van der Waals surface area contributed by atoms with Gasteiger partial charge >= 0.3 is 5.97 Å². The van der Waals surface area contributed by atoms with Crippen LogP contribution in [0, 0.1) is 0 Å². The van der Waals surface area contributed by atoms with E-state index in [1.807, 2.05) is 68.4 Å². The minimum atomic E-state index is -0.360. The molecule has 0 radical (unpaired) electrons. The molecule has 0 aliphatic carbocycles. The maximum atomic E-state index is 12.1. The van der Waals surface area contributed by atoms with E-state index in [0.717, 1.165) is 23.1 Å². The maximum absolute atomic E-state index is 12.1. The third-order valence-corrected chi connectivity index (χ3v) is 4.63. The summed E-state index contributed by atoms with van der Waals surface area (Å²) in [7, 11) is 0. The van der Waals surface area contributed by atoms with Gasteiger partial charge in [-0.2, -0.15) is 0 Å². The van der Waals surface area contributed by atoms with Crippen molar-refractivity contribution in [3.63, 3.8) is 0 Å². The van der Waals surface area contributed by atoms with E-state index in [-0.39, 0.29) is 23.4 Å². The van der Waals surface area contributed by atoms with Gasteiger partial charge in [-0.3, -0.25) is 4.79 Å². The lowest BCUT2D eigenvalue weighted by molar-refractivity contribution is -0.147. The van der Waals surface area contributed by atoms with Gasteiger partial charge in [-0.15, -0.1) is 11.6 Å². The van der Waals surface area contributed by atoms with Crippen molar-refractivity contribution in [2.24, 2.45) is 0 Å². The summed E-state index contributed by atoms with van der Waals surface area (Å²) in [6, 6.07) is 17.6. The van der Waals surface area contributed by atoms with Gasteiger partial charge in [-0.1, -0.05) is 61.5 Å². The number of hydrogen-bond acceptors (Lipinski definition) is 2. The highest BCUT2D eigenvalue weighted by atomic mass is 35.5. The number of benzene rings is 2. The van der Waals surface area contributed by atoms with E-state index in [2.05, 4.69) is 6.92 Å². The van der Waals surface area contributed by atoms with Crippen LogP contribution in [0.15, 0.2) is 54.6 Å². The third kappa shape index (κ3) is 4.84. The quantitative estimate of drug-likeness (QED) is 0.523. The molecule has 0 aliphatic heterocycles. The molecule has 0 saturated carbocycles. The van der Waals surface area contributed by atoms with Gasteiger partial charge < -0.3 is 4.74 Å². The lowest BCUT2D eigenvalue weighted by Crippen LogP contribution is -2.13. The molecule has 0 amide bonds. The van der Waals surface area contributed by atoms with Crippen LogP contribution >= 0.6 is 11.6 Å². The normalized spacial score (nSPS) is 14.8. The van der Waals surface area contributed by atoms with Crippen molar-refractivity contribution in [3.8, 4) is 0 Å². The van der Waals surface area contributed by atoms with Gasteiger partial charge in [-0.05, 0) is 37.0 Å². The van der Waals surface area contributed by atoms with E-state index < -0.39 is 0 Å². The van der Waals surface area contributed by atoms with Gasteiger partial charge in [0.05, 0.1) is 11.3 Å². The molecular formula is C20H23ClO2. The molecule has 0 bridgehead atoms. The van der Waals surface area contributed by atoms with Crippen molar-refractivity contribution in [1.82, 2.24) is 0 Å². The Morgan fingerprint density at radius 1 is 1.13 bits per heavy atom. The summed E-state index contributed by atoms with van der Waals surface area (Å²) in [5, 5.41) is 0. The zero-order chi connectivity index (χ0) is 16.9. The molecule has 0 aliphatic rings. The SMILES string of the molecule is CCC(C)(Cl)c1ccc(CC(=O)OC(C)c2ccccc2)cc1. The van der Waals surface area contributed by atoms with Crippen LogP contribution in [0.5, 0.6) is 0 Å². The van der Waals surface area contributed by atoms with E-state index in [1.54, 1.807) is 0 Å². The van der Waals surface area contributed by atoms with E-state index in [9.17, 15) is 4.79 Å². The number of rotatable bonds is 6. The summed E-state index contributed by atoms with van der Waals surface area (Å²) in [5.41, 5.74) is 3.00. The lowest BCUT2D eigenvalue weighted by Gasteiger charge is -2.20. The van der Waals surface area contributed by atoms with E-state index in [1.165, 1.54) is 0 Å². The molecule has 0 spiro atoms. The molecular weight excluding hydrogens is 308 g/mol. The van der Waals surface area contributed by atoms with Crippen molar-refractivity contribution in [2.45, 2.75) is 44.6 Å². The molecule has 2 rings (SSSR count). The number of hydrogen-bond donors (Lipinski definition) is 0. The number of esters is 1. The highest BCUT2D eigenvalue weighted by Gasteiger charge is 2.20. The smallest absolute Gasteiger partial charge is 0.310 e. The van der Waals surface area contributed by atoms with Crippen molar-refractivity contribution in [2.75, 3.05) is 0 Å². The fourth-order valence-electron chi connectivity index (χ4n) is 2.37. The average molecular weight is 331 g/mol. The Morgan fingerprint density at radius 3 is 2.30 bits per heavy atom. The maximum Gasteiger partial charge on any atom is 0.310 e. The first-order valence-electron chi connectivity index (χ1n) is 7.95. The molecule has 2 atom stereocenters. The van der Waals surface area contributed by atoms with Crippen LogP contribution in [0.4, 0.5) is 0 Å². The van der Waals surface area contributed by atoms with E-state index in [0.29, 0.717) is 0 Å². The van der Waals surface area contributed by atoms with Gasteiger partial charge in [-0.25, -0.2) is 0 Å². The summed E-state index contributed by atoms with van der Waals surface area (Å²) < 4.78 is 5.49. The summed E-state index contributed by atoms with van der Waals surface area (Å²) in [5.74, 6) is -0.224. The van der Waals surface area contributed by atoms with Crippen molar-refractivity contribution in [3.05, 3.63) is 71.3 Å². The Kier molecular flexibility index (Phi) is 5.84.